The smallest absolute Gasteiger partial charge is 0.119 e. The van der Waals surface area contributed by atoms with Gasteiger partial charge >= 0.3 is 0 Å². The predicted octanol–water partition coefficient (Wildman–Crippen LogP) is 4.26. The molecule has 0 saturated carbocycles. The lowest BCUT2D eigenvalue weighted by atomic mass is 10.1. The Hall–Kier alpha value is -2.22. The van der Waals surface area contributed by atoms with Crippen molar-refractivity contribution in [1.82, 2.24) is 4.57 Å². The molecule has 2 heteroatoms. The summed E-state index contributed by atoms with van der Waals surface area (Å²) in [6.45, 7) is 3.08. The number of para-hydroxylation sites is 1. The summed E-state index contributed by atoms with van der Waals surface area (Å²) in [6, 6.07) is 16.9. The van der Waals surface area contributed by atoms with Gasteiger partial charge in [-0.1, -0.05) is 37.3 Å². The van der Waals surface area contributed by atoms with E-state index in [4.69, 9.17) is 4.74 Å². The van der Waals surface area contributed by atoms with Crippen molar-refractivity contribution in [2.24, 2.45) is 0 Å². The van der Waals surface area contributed by atoms with Gasteiger partial charge in [0.05, 0.1) is 7.11 Å². The van der Waals surface area contributed by atoms with Crippen LogP contribution in [0.2, 0.25) is 0 Å². The van der Waals surface area contributed by atoms with E-state index in [-0.39, 0.29) is 0 Å². The molecule has 2 aromatic carbocycles. The van der Waals surface area contributed by atoms with Gasteiger partial charge in [-0.3, -0.25) is 0 Å². The summed E-state index contributed by atoms with van der Waals surface area (Å²) in [5.74, 6) is 0.912. The Morgan fingerprint density at radius 3 is 2.70 bits per heavy atom. The highest BCUT2D eigenvalue weighted by Crippen LogP contribution is 2.23. The van der Waals surface area contributed by atoms with E-state index in [9.17, 15) is 0 Å². The van der Waals surface area contributed by atoms with Crippen LogP contribution < -0.4 is 4.74 Å². The lowest BCUT2D eigenvalue weighted by Crippen LogP contribution is -1.98. The third kappa shape index (κ3) is 2.29. The van der Waals surface area contributed by atoms with Crippen LogP contribution in [-0.2, 0) is 13.0 Å². The number of methoxy groups -OCH3 is 1. The molecule has 0 unspecified atom stereocenters. The zero-order valence-electron chi connectivity index (χ0n) is 12.0. The zero-order valence-corrected chi connectivity index (χ0v) is 12.0. The first-order valence-electron chi connectivity index (χ1n) is 7.01. The van der Waals surface area contributed by atoms with Crippen LogP contribution in [-0.4, -0.2) is 11.7 Å². The zero-order chi connectivity index (χ0) is 13.9. The number of aromatic nitrogens is 1. The number of hydrogen-bond donors (Lipinski definition) is 0. The highest BCUT2D eigenvalue weighted by atomic mass is 16.5. The second-order valence-corrected chi connectivity index (χ2v) is 5.00. The number of rotatable bonds is 4. The largest absolute Gasteiger partial charge is 0.497 e. The van der Waals surface area contributed by atoms with Gasteiger partial charge in [-0.2, -0.15) is 0 Å². The molecule has 0 saturated heterocycles. The van der Waals surface area contributed by atoms with Crippen LogP contribution in [0.25, 0.3) is 10.9 Å². The number of aryl methyl sites for hydroxylation is 1. The van der Waals surface area contributed by atoms with Crippen LogP contribution in [0.15, 0.2) is 54.7 Å². The Labute approximate surface area is 119 Å². The first-order chi connectivity index (χ1) is 9.81. The maximum atomic E-state index is 5.30. The van der Waals surface area contributed by atoms with Gasteiger partial charge in [-0.05, 0) is 35.7 Å². The molecule has 0 spiro atoms. The summed E-state index contributed by atoms with van der Waals surface area (Å²) in [4.78, 5) is 0. The van der Waals surface area contributed by atoms with Gasteiger partial charge in [0.1, 0.15) is 5.75 Å². The fourth-order valence-corrected chi connectivity index (χ4v) is 2.70. The standard InChI is InChI=1S/C18H19NO/c1-3-15-13-19(18-10-5-4-9-17(15)18)12-14-7-6-8-16(11-14)20-2/h4-11,13H,3,12H2,1-2H3. The molecule has 20 heavy (non-hydrogen) atoms. The van der Waals surface area contributed by atoms with Gasteiger partial charge in [-0.25, -0.2) is 0 Å². The fourth-order valence-electron chi connectivity index (χ4n) is 2.70. The molecular formula is C18H19NO. The molecule has 0 radical (unpaired) electrons. The average molecular weight is 265 g/mol. The van der Waals surface area contributed by atoms with Crippen molar-refractivity contribution in [3.8, 4) is 5.75 Å². The molecule has 3 rings (SSSR count). The number of fused-ring (bicyclic) bond motifs is 1. The van der Waals surface area contributed by atoms with Crippen LogP contribution in [0, 0.1) is 0 Å². The van der Waals surface area contributed by atoms with Crippen molar-refractivity contribution in [3.63, 3.8) is 0 Å². The maximum absolute atomic E-state index is 5.30. The molecule has 102 valence electrons. The number of nitrogens with zero attached hydrogens (tertiary/aromatic N) is 1. The van der Waals surface area contributed by atoms with Crippen molar-refractivity contribution in [2.75, 3.05) is 7.11 Å². The van der Waals surface area contributed by atoms with E-state index in [0.717, 1.165) is 18.7 Å². The molecule has 0 fully saturated rings. The molecule has 0 bridgehead atoms. The van der Waals surface area contributed by atoms with Crippen LogP contribution in [0.3, 0.4) is 0 Å². The quantitative estimate of drug-likeness (QED) is 0.687. The summed E-state index contributed by atoms with van der Waals surface area (Å²) in [6.07, 6.45) is 3.33. The van der Waals surface area contributed by atoms with E-state index in [1.807, 2.05) is 12.1 Å². The molecule has 0 aliphatic heterocycles. The van der Waals surface area contributed by atoms with Crippen molar-refractivity contribution >= 4 is 10.9 Å². The van der Waals surface area contributed by atoms with Crippen LogP contribution >= 0.6 is 0 Å². The minimum absolute atomic E-state index is 0.873. The highest BCUT2D eigenvalue weighted by Gasteiger charge is 2.07. The third-order valence-corrected chi connectivity index (χ3v) is 3.74. The summed E-state index contributed by atoms with van der Waals surface area (Å²) in [5.41, 5.74) is 3.96. The van der Waals surface area contributed by atoms with Gasteiger partial charge < -0.3 is 9.30 Å². The molecule has 0 atom stereocenters. The van der Waals surface area contributed by atoms with E-state index >= 15 is 0 Å². The molecule has 0 aliphatic carbocycles. The molecular weight excluding hydrogens is 246 g/mol. The van der Waals surface area contributed by atoms with Crippen LogP contribution in [0.4, 0.5) is 0 Å². The monoisotopic (exact) mass is 265 g/mol. The van der Waals surface area contributed by atoms with Gasteiger partial charge in [0.15, 0.2) is 0 Å². The molecule has 0 amide bonds. The van der Waals surface area contributed by atoms with Gasteiger partial charge in [0.2, 0.25) is 0 Å². The van der Waals surface area contributed by atoms with E-state index in [2.05, 4.69) is 54.1 Å². The molecule has 0 N–H and O–H groups in total. The number of ether oxygens (including phenoxy) is 1. The van der Waals surface area contributed by atoms with Gasteiger partial charge in [0.25, 0.3) is 0 Å². The number of benzene rings is 2. The summed E-state index contributed by atoms with van der Waals surface area (Å²) in [5, 5.41) is 1.36. The third-order valence-electron chi connectivity index (χ3n) is 3.74. The minimum Gasteiger partial charge on any atom is -0.497 e. The van der Waals surface area contributed by atoms with Crippen molar-refractivity contribution in [2.45, 2.75) is 19.9 Å². The van der Waals surface area contributed by atoms with Crippen molar-refractivity contribution < 1.29 is 4.74 Å². The van der Waals surface area contributed by atoms with Gasteiger partial charge in [0, 0.05) is 23.6 Å². The Kier molecular flexibility index (Phi) is 3.46. The second kappa shape index (κ2) is 5.41. The van der Waals surface area contributed by atoms with Gasteiger partial charge in [-0.15, -0.1) is 0 Å². The highest BCUT2D eigenvalue weighted by molar-refractivity contribution is 5.84. The molecule has 1 aromatic heterocycles. The van der Waals surface area contributed by atoms with E-state index in [0.29, 0.717) is 0 Å². The molecule has 0 aliphatic rings. The lowest BCUT2D eigenvalue weighted by molar-refractivity contribution is 0.414. The van der Waals surface area contributed by atoms with E-state index in [1.165, 1.54) is 22.0 Å². The van der Waals surface area contributed by atoms with Crippen LogP contribution in [0.1, 0.15) is 18.1 Å². The lowest BCUT2D eigenvalue weighted by Gasteiger charge is -2.07. The first-order valence-corrected chi connectivity index (χ1v) is 7.01. The topological polar surface area (TPSA) is 14.2 Å². The van der Waals surface area contributed by atoms with Crippen molar-refractivity contribution in [1.29, 1.82) is 0 Å². The maximum Gasteiger partial charge on any atom is 0.119 e. The molecule has 1 heterocycles. The predicted molar refractivity (Wildman–Crippen MR) is 83.4 cm³/mol. The number of hydrogen-bond acceptors (Lipinski definition) is 1. The SMILES string of the molecule is CCc1cn(Cc2cccc(OC)c2)c2ccccc12. The second-order valence-electron chi connectivity index (χ2n) is 5.00. The molecule has 2 nitrogen and oxygen atoms in total. The Balaban J connectivity index is 2.02. The van der Waals surface area contributed by atoms with Crippen LogP contribution in [0.5, 0.6) is 5.75 Å². The Bertz CT molecular complexity index is 727. The van der Waals surface area contributed by atoms with E-state index < -0.39 is 0 Å². The summed E-state index contributed by atoms with van der Waals surface area (Å²) in [7, 11) is 1.71. The molecule has 3 aromatic rings. The van der Waals surface area contributed by atoms with Crippen molar-refractivity contribution in [3.05, 3.63) is 65.9 Å². The summed E-state index contributed by atoms with van der Waals surface area (Å²) >= 11 is 0. The van der Waals surface area contributed by atoms with E-state index in [1.54, 1.807) is 7.11 Å². The fraction of sp³-hybridized carbons (Fsp3) is 0.222. The minimum atomic E-state index is 0.873. The summed E-state index contributed by atoms with van der Waals surface area (Å²) < 4.78 is 7.62. The Morgan fingerprint density at radius 2 is 1.90 bits per heavy atom. The first kappa shape index (κ1) is 12.8. The normalized spacial score (nSPS) is 10.9. The Morgan fingerprint density at radius 1 is 1.05 bits per heavy atom. The average Bonchev–Trinajstić information content (AvgIpc) is 2.86.